The predicted octanol–water partition coefficient (Wildman–Crippen LogP) is 3.19. The summed E-state index contributed by atoms with van der Waals surface area (Å²) in [6.07, 6.45) is 0.0944. The van der Waals surface area contributed by atoms with Crippen LogP contribution in [0.3, 0.4) is 0 Å². The van der Waals surface area contributed by atoms with Crippen molar-refractivity contribution >= 4 is 23.4 Å². The number of halogens is 1. The molecule has 0 aliphatic heterocycles. The zero-order valence-corrected chi connectivity index (χ0v) is 12.7. The first-order chi connectivity index (χ1) is 9.28. The van der Waals surface area contributed by atoms with Gasteiger partial charge in [-0.15, -0.1) is 0 Å². The van der Waals surface area contributed by atoms with E-state index in [4.69, 9.17) is 22.1 Å². The van der Waals surface area contributed by atoms with Gasteiger partial charge in [0.25, 0.3) is 0 Å². The SMILES string of the molecule is CC(C)(C)OC(=O)NCCC#Cc1ccc(Cl)c(N)c1. The molecule has 0 bridgehead atoms. The van der Waals surface area contributed by atoms with Gasteiger partial charge in [-0.2, -0.15) is 0 Å². The Hall–Kier alpha value is -1.86. The highest BCUT2D eigenvalue weighted by Gasteiger charge is 2.15. The Morgan fingerprint density at radius 1 is 1.45 bits per heavy atom. The maximum absolute atomic E-state index is 11.4. The number of amides is 1. The van der Waals surface area contributed by atoms with Crippen LogP contribution in [0.15, 0.2) is 18.2 Å². The van der Waals surface area contributed by atoms with Crippen LogP contribution in [-0.4, -0.2) is 18.2 Å². The quantitative estimate of drug-likeness (QED) is 0.500. The molecular formula is C15H19ClN2O2. The molecule has 0 saturated heterocycles. The fourth-order valence-corrected chi connectivity index (χ4v) is 1.44. The summed E-state index contributed by atoms with van der Waals surface area (Å²) in [6.45, 7) is 5.89. The van der Waals surface area contributed by atoms with Gasteiger partial charge in [-0.05, 0) is 39.0 Å². The van der Waals surface area contributed by atoms with Crippen molar-refractivity contribution in [3.8, 4) is 11.8 Å². The van der Waals surface area contributed by atoms with E-state index in [9.17, 15) is 4.79 Å². The molecule has 4 nitrogen and oxygen atoms in total. The molecule has 1 rings (SSSR count). The Morgan fingerprint density at radius 3 is 2.75 bits per heavy atom. The lowest BCUT2D eigenvalue weighted by atomic mass is 10.2. The van der Waals surface area contributed by atoms with Gasteiger partial charge in [-0.25, -0.2) is 4.79 Å². The molecule has 0 aliphatic carbocycles. The number of ether oxygens (including phenoxy) is 1. The van der Waals surface area contributed by atoms with E-state index in [-0.39, 0.29) is 0 Å². The first kappa shape index (κ1) is 16.2. The highest BCUT2D eigenvalue weighted by molar-refractivity contribution is 6.33. The minimum atomic E-state index is -0.489. The monoisotopic (exact) mass is 294 g/mol. The molecule has 3 N–H and O–H groups in total. The molecule has 0 unspecified atom stereocenters. The number of alkyl carbamates (subject to hydrolysis) is 1. The number of carbonyl (C=O) groups is 1. The average Bonchev–Trinajstić information content (AvgIpc) is 2.31. The van der Waals surface area contributed by atoms with E-state index < -0.39 is 11.7 Å². The number of nitrogen functional groups attached to an aromatic ring is 1. The van der Waals surface area contributed by atoms with Gasteiger partial charge < -0.3 is 15.8 Å². The molecule has 0 fully saturated rings. The number of nitrogens with two attached hydrogens (primary N) is 1. The molecule has 1 amide bonds. The summed E-state index contributed by atoms with van der Waals surface area (Å²) in [4.78, 5) is 11.4. The minimum absolute atomic E-state index is 0.435. The van der Waals surface area contributed by atoms with Crippen molar-refractivity contribution in [3.63, 3.8) is 0 Å². The molecule has 108 valence electrons. The van der Waals surface area contributed by atoms with Gasteiger partial charge in [0.05, 0.1) is 10.7 Å². The number of rotatable bonds is 2. The molecule has 0 heterocycles. The van der Waals surface area contributed by atoms with Crippen molar-refractivity contribution in [2.24, 2.45) is 0 Å². The maximum atomic E-state index is 11.4. The zero-order valence-electron chi connectivity index (χ0n) is 11.9. The van der Waals surface area contributed by atoms with Crippen LogP contribution in [0, 0.1) is 11.8 Å². The Bertz CT molecular complexity index is 539. The molecule has 0 aromatic heterocycles. The van der Waals surface area contributed by atoms with Crippen LogP contribution in [0.1, 0.15) is 32.8 Å². The summed E-state index contributed by atoms with van der Waals surface area (Å²) in [5, 5.41) is 3.15. The number of carbonyl (C=O) groups excluding carboxylic acids is 1. The van der Waals surface area contributed by atoms with Gasteiger partial charge >= 0.3 is 6.09 Å². The van der Waals surface area contributed by atoms with Gasteiger partial charge in [-0.1, -0.05) is 23.4 Å². The van der Waals surface area contributed by atoms with E-state index in [1.54, 1.807) is 18.2 Å². The number of nitrogens with one attached hydrogen (secondary N) is 1. The molecule has 0 atom stereocenters. The van der Waals surface area contributed by atoms with Gasteiger partial charge in [0.15, 0.2) is 0 Å². The summed E-state index contributed by atoms with van der Waals surface area (Å²) in [6, 6.07) is 5.23. The highest BCUT2D eigenvalue weighted by atomic mass is 35.5. The summed E-state index contributed by atoms with van der Waals surface area (Å²) in [5.74, 6) is 5.90. The van der Waals surface area contributed by atoms with Gasteiger partial charge in [-0.3, -0.25) is 0 Å². The van der Waals surface area contributed by atoms with Gasteiger partial charge in [0.1, 0.15) is 5.60 Å². The molecule has 0 saturated carbocycles. The standard InChI is InChI=1S/C15H19ClN2O2/c1-15(2,3)20-14(19)18-9-5-4-6-11-7-8-12(16)13(17)10-11/h7-8,10H,5,9,17H2,1-3H3,(H,18,19). The van der Waals surface area contributed by atoms with Crippen LogP contribution >= 0.6 is 11.6 Å². The van der Waals surface area contributed by atoms with E-state index in [1.165, 1.54) is 0 Å². The van der Waals surface area contributed by atoms with Crippen LogP contribution in [0.4, 0.5) is 10.5 Å². The summed E-state index contributed by atoms with van der Waals surface area (Å²) >= 11 is 5.82. The molecule has 0 aliphatic rings. The Balaban J connectivity index is 2.36. The highest BCUT2D eigenvalue weighted by Crippen LogP contribution is 2.18. The van der Waals surface area contributed by atoms with Crippen LogP contribution in [0.5, 0.6) is 0 Å². The van der Waals surface area contributed by atoms with Crippen LogP contribution in [-0.2, 0) is 4.74 Å². The lowest BCUT2D eigenvalue weighted by molar-refractivity contribution is 0.0529. The predicted molar refractivity (Wildman–Crippen MR) is 81.6 cm³/mol. The van der Waals surface area contributed by atoms with E-state index >= 15 is 0 Å². The van der Waals surface area contributed by atoms with E-state index in [2.05, 4.69) is 17.2 Å². The van der Waals surface area contributed by atoms with Crippen LogP contribution in [0.25, 0.3) is 0 Å². The second-order valence-corrected chi connectivity index (χ2v) is 5.62. The molecular weight excluding hydrogens is 276 g/mol. The lowest BCUT2D eigenvalue weighted by Gasteiger charge is -2.19. The molecule has 0 radical (unpaired) electrons. The number of hydrogen-bond acceptors (Lipinski definition) is 3. The molecule has 20 heavy (non-hydrogen) atoms. The van der Waals surface area contributed by atoms with Crippen molar-refractivity contribution < 1.29 is 9.53 Å². The van der Waals surface area contributed by atoms with Crippen LogP contribution < -0.4 is 11.1 Å². The third-order valence-corrected chi connectivity index (χ3v) is 2.49. The van der Waals surface area contributed by atoms with E-state index in [0.717, 1.165) is 5.56 Å². The Kier molecular flexibility index (Phi) is 5.72. The van der Waals surface area contributed by atoms with Crippen molar-refractivity contribution in [2.75, 3.05) is 12.3 Å². The summed E-state index contributed by atoms with van der Waals surface area (Å²) in [7, 11) is 0. The smallest absolute Gasteiger partial charge is 0.407 e. The van der Waals surface area contributed by atoms with Crippen molar-refractivity contribution in [1.29, 1.82) is 0 Å². The topological polar surface area (TPSA) is 64.3 Å². The molecule has 1 aromatic rings. The lowest BCUT2D eigenvalue weighted by Crippen LogP contribution is -2.32. The summed E-state index contributed by atoms with van der Waals surface area (Å²) < 4.78 is 5.10. The molecule has 5 heteroatoms. The molecule has 1 aromatic carbocycles. The number of anilines is 1. The number of hydrogen-bond donors (Lipinski definition) is 2. The second-order valence-electron chi connectivity index (χ2n) is 5.22. The van der Waals surface area contributed by atoms with Crippen molar-refractivity contribution in [1.82, 2.24) is 5.32 Å². The van der Waals surface area contributed by atoms with E-state index in [1.807, 2.05) is 20.8 Å². The zero-order chi connectivity index (χ0) is 15.2. The largest absolute Gasteiger partial charge is 0.444 e. The third-order valence-electron chi connectivity index (χ3n) is 2.15. The van der Waals surface area contributed by atoms with Crippen molar-refractivity contribution in [3.05, 3.63) is 28.8 Å². The summed E-state index contributed by atoms with van der Waals surface area (Å²) in [5.41, 5.74) is 6.49. The Labute approximate surface area is 124 Å². The van der Waals surface area contributed by atoms with E-state index in [0.29, 0.717) is 23.7 Å². The molecule has 0 spiro atoms. The first-order valence-corrected chi connectivity index (χ1v) is 6.66. The average molecular weight is 295 g/mol. The fraction of sp³-hybridized carbons (Fsp3) is 0.400. The van der Waals surface area contributed by atoms with Crippen molar-refractivity contribution in [2.45, 2.75) is 32.8 Å². The third kappa shape index (κ3) is 6.35. The normalized spacial score (nSPS) is 10.4. The van der Waals surface area contributed by atoms with Gasteiger partial charge in [0, 0.05) is 18.5 Å². The fourth-order valence-electron chi connectivity index (χ4n) is 1.33. The number of benzene rings is 1. The second kappa shape index (κ2) is 7.06. The minimum Gasteiger partial charge on any atom is -0.444 e. The Morgan fingerprint density at radius 2 is 2.15 bits per heavy atom. The van der Waals surface area contributed by atoms with Gasteiger partial charge in [0.2, 0.25) is 0 Å². The maximum Gasteiger partial charge on any atom is 0.407 e. The first-order valence-electron chi connectivity index (χ1n) is 6.29. The van der Waals surface area contributed by atoms with Crippen LogP contribution in [0.2, 0.25) is 5.02 Å².